The summed E-state index contributed by atoms with van der Waals surface area (Å²) in [4.78, 5) is 0. The van der Waals surface area contributed by atoms with Crippen LogP contribution in [0.1, 0.15) is 37.8 Å². The van der Waals surface area contributed by atoms with Gasteiger partial charge in [0.05, 0.1) is 0 Å². The van der Waals surface area contributed by atoms with Crippen LogP contribution >= 0.6 is 0 Å². The lowest BCUT2D eigenvalue weighted by Crippen LogP contribution is -2.35. The summed E-state index contributed by atoms with van der Waals surface area (Å²) < 4.78 is 6.59. The van der Waals surface area contributed by atoms with Crippen LogP contribution in [0.5, 0.6) is 0 Å². The van der Waals surface area contributed by atoms with Crippen LogP contribution in [-0.2, 0) is 10.3 Å². The van der Waals surface area contributed by atoms with Crippen molar-refractivity contribution < 1.29 is 4.74 Å². The van der Waals surface area contributed by atoms with Crippen molar-refractivity contribution >= 4 is 6.08 Å². The highest BCUT2D eigenvalue weighted by Gasteiger charge is 2.49. The molecule has 2 heteroatoms. The van der Waals surface area contributed by atoms with Gasteiger partial charge in [0.15, 0.2) is 0 Å². The van der Waals surface area contributed by atoms with Gasteiger partial charge in [0.1, 0.15) is 11.3 Å². The zero-order valence-electron chi connectivity index (χ0n) is 12.6. The molecule has 1 aliphatic heterocycles. The number of fused-ring (bicyclic) bond motifs is 3. The van der Waals surface area contributed by atoms with Gasteiger partial charge in [-0.15, -0.1) is 0 Å². The summed E-state index contributed by atoms with van der Waals surface area (Å²) in [5.74, 6) is 0. The molecule has 0 aromatic heterocycles. The zero-order chi connectivity index (χ0) is 14.5. The molecule has 0 amide bonds. The summed E-state index contributed by atoms with van der Waals surface area (Å²) in [6.45, 7) is 5.03. The van der Waals surface area contributed by atoms with Gasteiger partial charge >= 0.3 is 0 Å². The van der Waals surface area contributed by atoms with Gasteiger partial charge in [-0.05, 0) is 49.0 Å². The highest BCUT2D eigenvalue weighted by atomic mass is 16.5. The topological polar surface area (TPSA) is 21.3 Å². The van der Waals surface area contributed by atoms with E-state index in [1.54, 1.807) is 0 Å². The van der Waals surface area contributed by atoms with E-state index in [0.717, 1.165) is 19.4 Å². The molecule has 0 bridgehead atoms. The van der Waals surface area contributed by atoms with Crippen LogP contribution in [-0.4, -0.2) is 12.3 Å². The van der Waals surface area contributed by atoms with Gasteiger partial charge < -0.3 is 4.74 Å². The minimum atomic E-state index is -0.365. The Kier molecular flexibility index (Phi) is 2.75. The van der Waals surface area contributed by atoms with E-state index in [9.17, 15) is 0 Å². The van der Waals surface area contributed by atoms with Crippen LogP contribution in [0.2, 0.25) is 0 Å². The van der Waals surface area contributed by atoms with Gasteiger partial charge in [-0.25, -0.2) is 0 Å². The molecule has 4 rings (SSSR count). The molecule has 2 nitrogen and oxygen atoms in total. The van der Waals surface area contributed by atoms with Gasteiger partial charge in [0.2, 0.25) is 0 Å². The second kappa shape index (κ2) is 4.43. The van der Waals surface area contributed by atoms with Crippen molar-refractivity contribution in [1.82, 2.24) is 5.32 Å². The molecule has 3 aliphatic rings. The summed E-state index contributed by atoms with van der Waals surface area (Å²) in [6.07, 6.45) is 11.3. The molecular weight excluding hydrogens is 258 g/mol. The average molecular weight is 279 g/mol. The summed E-state index contributed by atoms with van der Waals surface area (Å²) in [7, 11) is 0. The van der Waals surface area contributed by atoms with E-state index >= 15 is 0 Å². The molecule has 1 spiro atoms. The van der Waals surface area contributed by atoms with Crippen LogP contribution in [0.15, 0.2) is 53.6 Å². The molecular formula is C19H21NO. The number of hydrogen-bond donors (Lipinski definition) is 1. The summed E-state index contributed by atoms with van der Waals surface area (Å²) >= 11 is 0. The Morgan fingerprint density at radius 3 is 2.76 bits per heavy atom. The van der Waals surface area contributed by atoms with E-state index in [1.807, 2.05) is 0 Å². The first kappa shape index (κ1) is 13.1. The van der Waals surface area contributed by atoms with E-state index < -0.39 is 0 Å². The summed E-state index contributed by atoms with van der Waals surface area (Å²) in [5, 5.41) is 3.54. The Balaban J connectivity index is 1.98. The first-order valence-electron chi connectivity index (χ1n) is 7.74. The van der Waals surface area contributed by atoms with Gasteiger partial charge in [-0.1, -0.05) is 48.6 Å². The fraction of sp³-hybridized carbons (Fsp3) is 0.368. The third kappa shape index (κ3) is 1.94. The molecule has 2 aliphatic carbocycles. The predicted octanol–water partition coefficient (Wildman–Crippen LogP) is 3.91. The molecule has 21 heavy (non-hydrogen) atoms. The first-order chi connectivity index (χ1) is 10.1. The number of ether oxygens (including phenoxy) is 1. The zero-order valence-corrected chi connectivity index (χ0v) is 12.6. The molecule has 1 unspecified atom stereocenters. The Bertz CT molecular complexity index is 681. The molecule has 1 fully saturated rings. The van der Waals surface area contributed by atoms with Crippen molar-refractivity contribution in [1.29, 1.82) is 0 Å². The molecule has 1 N–H and O–H groups in total. The van der Waals surface area contributed by atoms with Gasteiger partial charge in [-0.3, -0.25) is 5.32 Å². The summed E-state index contributed by atoms with van der Waals surface area (Å²) in [6, 6.07) is 8.61. The van der Waals surface area contributed by atoms with Gasteiger partial charge in [-0.2, -0.15) is 0 Å². The van der Waals surface area contributed by atoms with Crippen LogP contribution in [0.25, 0.3) is 6.08 Å². The quantitative estimate of drug-likeness (QED) is 0.777. The second-order valence-electron chi connectivity index (χ2n) is 6.59. The minimum Gasteiger partial charge on any atom is -0.344 e. The van der Waals surface area contributed by atoms with Gasteiger partial charge in [0.25, 0.3) is 0 Å². The third-order valence-electron chi connectivity index (χ3n) is 4.70. The fourth-order valence-electron chi connectivity index (χ4n) is 3.74. The van der Waals surface area contributed by atoms with Crippen molar-refractivity contribution in [2.75, 3.05) is 6.54 Å². The lowest BCUT2D eigenvalue weighted by Gasteiger charge is -2.34. The second-order valence-corrected chi connectivity index (χ2v) is 6.59. The van der Waals surface area contributed by atoms with E-state index in [-0.39, 0.29) is 11.3 Å². The van der Waals surface area contributed by atoms with Crippen LogP contribution < -0.4 is 5.32 Å². The first-order valence-corrected chi connectivity index (χ1v) is 7.74. The van der Waals surface area contributed by atoms with Crippen LogP contribution in [0.4, 0.5) is 0 Å². The maximum absolute atomic E-state index is 6.59. The molecule has 1 heterocycles. The Morgan fingerprint density at radius 2 is 1.95 bits per heavy atom. The standard InChI is InChI=1S/C19H21NO/c1-18(2)20-13-19(21-18)16-9-5-3-7-14(16)11-12-15-8-4-6-10-17(15)19/h3,5-7,9-12,20H,4,8,13H2,1-2H3. The van der Waals surface area contributed by atoms with E-state index in [0.29, 0.717) is 0 Å². The predicted molar refractivity (Wildman–Crippen MR) is 85.7 cm³/mol. The van der Waals surface area contributed by atoms with E-state index in [4.69, 9.17) is 4.74 Å². The van der Waals surface area contributed by atoms with Gasteiger partial charge in [0, 0.05) is 6.54 Å². The highest BCUT2D eigenvalue weighted by molar-refractivity contribution is 5.66. The smallest absolute Gasteiger partial charge is 0.134 e. The molecule has 1 aromatic carbocycles. The lowest BCUT2D eigenvalue weighted by molar-refractivity contribution is -0.0704. The molecule has 0 saturated carbocycles. The molecule has 0 radical (unpaired) electrons. The molecule has 108 valence electrons. The lowest BCUT2D eigenvalue weighted by atomic mass is 9.80. The summed E-state index contributed by atoms with van der Waals surface area (Å²) in [5.41, 5.74) is 4.60. The molecule has 1 saturated heterocycles. The SMILES string of the molecule is CC1(C)NCC2(O1)C1=C(C=Cc3ccccc32)CCC=C1. The Hall–Kier alpha value is -1.64. The van der Waals surface area contributed by atoms with Crippen molar-refractivity contribution in [3.63, 3.8) is 0 Å². The van der Waals surface area contributed by atoms with Crippen molar-refractivity contribution in [3.05, 3.63) is 64.8 Å². The maximum Gasteiger partial charge on any atom is 0.134 e. The van der Waals surface area contributed by atoms with Crippen molar-refractivity contribution in [2.45, 2.75) is 38.0 Å². The molecule has 1 atom stereocenters. The third-order valence-corrected chi connectivity index (χ3v) is 4.70. The van der Waals surface area contributed by atoms with Crippen molar-refractivity contribution in [3.8, 4) is 0 Å². The number of nitrogens with one attached hydrogen (secondary N) is 1. The fourth-order valence-corrected chi connectivity index (χ4v) is 3.74. The number of rotatable bonds is 0. The Labute approximate surface area is 126 Å². The highest BCUT2D eigenvalue weighted by Crippen LogP contribution is 2.47. The number of benzene rings is 1. The van der Waals surface area contributed by atoms with Crippen molar-refractivity contribution in [2.24, 2.45) is 0 Å². The molecule has 1 aromatic rings. The van der Waals surface area contributed by atoms with Crippen LogP contribution in [0, 0.1) is 0 Å². The Morgan fingerprint density at radius 1 is 1.10 bits per heavy atom. The normalized spacial score (nSPS) is 29.4. The monoisotopic (exact) mass is 279 g/mol. The average Bonchev–Trinajstić information content (AvgIpc) is 2.75. The van der Waals surface area contributed by atoms with E-state index in [1.165, 1.54) is 22.3 Å². The number of allylic oxidation sites excluding steroid dienone is 3. The largest absolute Gasteiger partial charge is 0.344 e. The number of hydrogen-bond acceptors (Lipinski definition) is 2. The minimum absolute atomic E-state index is 0.305. The van der Waals surface area contributed by atoms with Crippen LogP contribution in [0.3, 0.4) is 0 Å². The van der Waals surface area contributed by atoms with E-state index in [2.05, 4.69) is 67.7 Å². The maximum atomic E-state index is 6.59.